The van der Waals surface area contributed by atoms with Crippen molar-refractivity contribution < 1.29 is 9.59 Å². The van der Waals surface area contributed by atoms with E-state index in [1.807, 2.05) is 0 Å². The minimum absolute atomic E-state index is 0.0349. The molecule has 0 radical (unpaired) electrons. The van der Waals surface area contributed by atoms with Gasteiger partial charge in [0.2, 0.25) is 11.8 Å². The maximum atomic E-state index is 12.2. The highest BCUT2D eigenvalue weighted by Crippen LogP contribution is 2.46. The molecule has 0 aromatic rings. The molecule has 1 heterocycles. The van der Waals surface area contributed by atoms with Crippen LogP contribution in [-0.4, -0.2) is 34.8 Å². The molecule has 4 heteroatoms. The van der Waals surface area contributed by atoms with Crippen molar-refractivity contribution in [2.75, 3.05) is 6.54 Å². The molecule has 1 saturated heterocycles. The Labute approximate surface area is 96.4 Å². The zero-order chi connectivity index (χ0) is 12.1. The van der Waals surface area contributed by atoms with Gasteiger partial charge in [-0.15, -0.1) is 0 Å². The molecule has 90 valence electrons. The van der Waals surface area contributed by atoms with Crippen molar-refractivity contribution in [2.45, 2.75) is 52.1 Å². The van der Waals surface area contributed by atoms with Crippen LogP contribution in [0.4, 0.5) is 0 Å². The van der Waals surface area contributed by atoms with Crippen molar-refractivity contribution >= 4 is 11.8 Å². The van der Waals surface area contributed by atoms with Crippen molar-refractivity contribution in [1.29, 1.82) is 0 Å². The topological polar surface area (TPSA) is 49.4 Å². The summed E-state index contributed by atoms with van der Waals surface area (Å²) in [7, 11) is 0. The Bertz CT molecular complexity index is 345. The van der Waals surface area contributed by atoms with Gasteiger partial charge in [-0.2, -0.15) is 0 Å². The molecule has 2 amide bonds. The summed E-state index contributed by atoms with van der Waals surface area (Å²) in [6, 6.07) is -0.335. The van der Waals surface area contributed by atoms with Crippen molar-refractivity contribution in [2.24, 2.45) is 5.41 Å². The van der Waals surface area contributed by atoms with E-state index in [0.717, 1.165) is 12.8 Å². The minimum atomic E-state index is -0.755. The third kappa shape index (κ3) is 1.81. The second-order valence-corrected chi connectivity index (χ2v) is 6.03. The molecule has 0 spiro atoms. The molecule has 1 aliphatic heterocycles. The van der Waals surface area contributed by atoms with Gasteiger partial charge in [0.15, 0.2) is 0 Å². The van der Waals surface area contributed by atoms with Crippen LogP contribution in [0, 0.1) is 5.41 Å². The van der Waals surface area contributed by atoms with E-state index in [1.165, 1.54) is 0 Å². The van der Waals surface area contributed by atoms with E-state index < -0.39 is 5.54 Å². The van der Waals surface area contributed by atoms with Crippen LogP contribution >= 0.6 is 0 Å². The van der Waals surface area contributed by atoms with Gasteiger partial charge in [0.25, 0.3) is 0 Å². The van der Waals surface area contributed by atoms with Crippen LogP contribution < -0.4 is 5.32 Å². The molecule has 16 heavy (non-hydrogen) atoms. The normalized spacial score (nSPS) is 31.2. The monoisotopic (exact) mass is 224 g/mol. The number of nitrogens with zero attached hydrogens (tertiary/aromatic N) is 1. The summed E-state index contributed by atoms with van der Waals surface area (Å²) in [6.07, 6.45) is 2.32. The molecule has 2 aliphatic rings. The first-order valence-electron chi connectivity index (χ1n) is 5.88. The SMILES string of the molecule is CC1C(=O)NC(C)(C)C(=O)N1CC1(C)CC1. The third-order valence-electron chi connectivity index (χ3n) is 3.73. The first kappa shape index (κ1) is 11.4. The van der Waals surface area contributed by atoms with Gasteiger partial charge < -0.3 is 10.2 Å². The lowest BCUT2D eigenvalue weighted by atomic mass is 9.95. The van der Waals surface area contributed by atoms with Crippen molar-refractivity contribution in [3.63, 3.8) is 0 Å². The molecular weight excluding hydrogens is 204 g/mol. The number of carbonyl (C=O) groups excluding carboxylic acids is 2. The summed E-state index contributed by atoms with van der Waals surface area (Å²) in [6.45, 7) is 8.22. The van der Waals surface area contributed by atoms with Crippen LogP contribution in [0.25, 0.3) is 0 Å². The Hall–Kier alpha value is -1.06. The molecule has 1 unspecified atom stereocenters. The molecule has 2 rings (SSSR count). The van der Waals surface area contributed by atoms with Crippen LogP contribution in [0.2, 0.25) is 0 Å². The van der Waals surface area contributed by atoms with Crippen LogP contribution in [0.1, 0.15) is 40.5 Å². The Kier molecular flexibility index (Phi) is 2.30. The van der Waals surface area contributed by atoms with Crippen molar-refractivity contribution in [1.82, 2.24) is 10.2 Å². The van der Waals surface area contributed by atoms with Gasteiger partial charge in [0.05, 0.1) is 0 Å². The summed E-state index contributed by atoms with van der Waals surface area (Å²) in [5.74, 6) is -0.0124. The summed E-state index contributed by atoms with van der Waals surface area (Å²) in [5, 5.41) is 2.76. The quantitative estimate of drug-likeness (QED) is 0.758. The fourth-order valence-corrected chi connectivity index (χ4v) is 2.13. The summed E-state index contributed by atoms with van der Waals surface area (Å²) in [5.41, 5.74) is -0.507. The average molecular weight is 224 g/mol. The van der Waals surface area contributed by atoms with Crippen LogP contribution in [0.3, 0.4) is 0 Å². The molecule has 4 nitrogen and oxygen atoms in total. The first-order valence-corrected chi connectivity index (χ1v) is 5.88. The number of carbonyl (C=O) groups is 2. The third-order valence-corrected chi connectivity index (χ3v) is 3.73. The van der Waals surface area contributed by atoms with E-state index in [-0.39, 0.29) is 23.3 Å². The number of hydrogen-bond acceptors (Lipinski definition) is 2. The highest BCUT2D eigenvalue weighted by Gasteiger charge is 2.48. The standard InChI is InChI=1S/C12H20N2O2/c1-8-9(15)13-11(2,3)10(16)14(8)7-12(4)5-6-12/h8H,5-7H2,1-4H3,(H,13,15). The largest absolute Gasteiger partial charge is 0.340 e. The molecule has 2 fully saturated rings. The number of rotatable bonds is 2. The van der Waals surface area contributed by atoms with Crippen LogP contribution in [0.5, 0.6) is 0 Å². The van der Waals surface area contributed by atoms with Gasteiger partial charge in [0.1, 0.15) is 11.6 Å². The van der Waals surface area contributed by atoms with Gasteiger partial charge in [-0.3, -0.25) is 9.59 Å². The van der Waals surface area contributed by atoms with Crippen molar-refractivity contribution in [3.8, 4) is 0 Å². The molecule has 1 saturated carbocycles. The maximum Gasteiger partial charge on any atom is 0.248 e. The molecule has 1 atom stereocenters. The number of hydrogen-bond donors (Lipinski definition) is 1. The molecule has 0 aromatic carbocycles. The van der Waals surface area contributed by atoms with E-state index in [0.29, 0.717) is 6.54 Å². The predicted molar refractivity (Wildman–Crippen MR) is 60.7 cm³/mol. The lowest BCUT2D eigenvalue weighted by molar-refractivity contribution is -0.153. The van der Waals surface area contributed by atoms with Gasteiger partial charge in [-0.05, 0) is 39.0 Å². The van der Waals surface area contributed by atoms with E-state index in [4.69, 9.17) is 0 Å². The van der Waals surface area contributed by atoms with Crippen LogP contribution in [-0.2, 0) is 9.59 Å². The fourth-order valence-electron chi connectivity index (χ4n) is 2.13. The van der Waals surface area contributed by atoms with E-state index in [9.17, 15) is 9.59 Å². The highest BCUT2D eigenvalue weighted by molar-refractivity contribution is 5.99. The zero-order valence-electron chi connectivity index (χ0n) is 10.5. The number of nitrogens with one attached hydrogen (secondary N) is 1. The second-order valence-electron chi connectivity index (χ2n) is 6.03. The Morgan fingerprint density at radius 2 is 1.88 bits per heavy atom. The Morgan fingerprint density at radius 1 is 1.31 bits per heavy atom. The van der Waals surface area contributed by atoms with E-state index in [2.05, 4.69) is 12.2 Å². The summed E-state index contributed by atoms with van der Waals surface area (Å²) >= 11 is 0. The number of amides is 2. The molecule has 0 aromatic heterocycles. The fraction of sp³-hybridized carbons (Fsp3) is 0.833. The average Bonchev–Trinajstić information content (AvgIpc) is 2.88. The second kappa shape index (κ2) is 3.22. The summed E-state index contributed by atoms with van der Waals surface area (Å²) in [4.78, 5) is 25.7. The van der Waals surface area contributed by atoms with Crippen molar-refractivity contribution in [3.05, 3.63) is 0 Å². The summed E-state index contributed by atoms with van der Waals surface area (Å²) < 4.78 is 0. The first-order chi connectivity index (χ1) is 7.25. The minimum Gasteiger partial charge on any atom is -0.340 e. The predicted octanol–water partition coefficient (Wildman–Crippen LogP) is 0.912. The Morgan fingerprint density at radius 3 is 2.38 bits per heavy atom. The number of piperazine rings is 1. The van der Waals surface area contributed by atoms with Gasteiger partial charge >= 0.3 is 0 Å². The lowest BCUT2D eigenvalue weighted by Gasteiger charge is -2.42. The van der Waals surface area contributed by atoms with Gasteiger partial charge in [-0.1, -0.05) is 6.92 Å². The molecule has 1 N–H and O–H groups in total. The van der Waals surface area contributed by atoms with E-state index >= 15 is 0 Å². The highest BCUT2D eigenvalue weighted by atomic mass is 16.2. The smallest absolute Gasteiger partial charge is 0.248 e. The zero-order valence-corrected chi connectivity index (χ0v) is 10.5. The van der Waals surface area contributed by atoms with E-state index in [1.54, 1.807) is 25.7 Å². The van der Waals surface area contributed by atoms with Gasteiger partial charge in [0, 0.05) is 6.54 Å². The van der Waals surface area contributed by atoms with Crippen LogP contribution in [0.15, 0.2) is 0 Å². The lowest BCUT2D eigenvalue weighted by Crippen LogP contribution is -2.67. The maximum absolute atomic E-state index is 12.2. The molecule has 1 aliphatic carbocycles. The molecular formula is C12H20N2O2. The molecule has 0 bridgehead atoms. The van der Waals surface area contributed by atoms with Gasteiger partial charge in [-0.25, -0.2) is 0 Å². The Balaban J connectivity index is 2.19.